The Morgan fingerprint density at radius 1 is 1.60 bits per heavy atom. The Bertz CT molecular complexity index is 335. The van der Waals surface area contributed by atoms with Crippen LogP contribution in [0.1, 0.15) is 32.6 Å². The Hall–Kier alpha value is -0.770. The smallest absolute Gasteiger partial charge is 0.340 e. The molecule has 1 aliphatic carbocycles. The molecule has 0 bridgehead atoms. The number of carbonyl (C=O) groups is 1. The largest absolute Gasteiger partial charge is 0.462 e. The summed E-state index contributed by atoms with van der Waals surface area (Å²) in [6.45, 7) is 2.19. The minimum absolute atomic E-state index is 0.297. The van der Waals surface area contributed by atoms with Gasteiger partial charge in [0.2, 0.25) is 0 Å². The Balaban J connectivity index is 2.25. The van der Waals surface area contributed by atoms with Crippen molar-refractivity contribution in [3.05, 3.63) is 11.1 Å². The molecule has 3 nitrogen and oxygen atoms in total. The average Bonchev–Trinajstić information content (AvgIpc) is 2.54. The first kappa shape index (κ1) is 10.7. The maximum absolute atomic E-state index is 11.7. The second kappa shape index (κ2) is 4.39. The first-order valence-electron chi connectivity index (χ1n) is 5.39. The van der Waals surface area contributed by atoms with Crippen LogP contribution in [0.4, 0.5) is 0 Å². The third-order valence-electron chi connectivity index (χ3n) is 2.84. The summed E-state index contributed by atoms with van der Waals surface area (Å²) in [4.78, 5) is 11.7. The minimum atomic E-state index is -0.297. The molecular weight excluding hydrogens is 210 g/mol. The minimum Gasteiger partial charge on any atom is -0.462 e. The second-order valence-electron chi connectivity index (χ2n) is 3.80. The maximum Gasteiger partial charge on any atom is 0.340 e. The van der Waals surface area contributed by atoms with Crippen LogP contribution >= 0.6 is 11.8 Å². The lowest BCUT2D eigenvalue weighted by Crippen LogP contribution is -2.14. The summed E-state index contributed by atoms with van der Waals surface area (Å²) in [6, 6.07) is 0. The lowest BCUT2D eigenvalue weighted by Gasteiger charge is -2.19. The summed E-state index contributed by atoms with van der Waals surface area (Å²) in [6.07, 6.45) is 4.42. The van der Waals surface area contributed by atoms with Crippen molar-refractivity contribution in [1.29, 1.82) is 5.41 Å². The standard InChI is InChI=1S/C11H15NO2S/c1-2-14-11(13)9-7-5-3-4-6-8(7)15-10(9)12/h8,12H,2-6H2,1H3. The number of hydrogen-bond donors (Lipinski definition) is 1. The van der Waals surface area contributed by atoms with Gasteiger partial charge in [-0.3, -0.25) is 5.41 Å². The highest BCUT2D eigenvalue weighted by Gasteiger charge is 2.36. The normalized spacial score (nSPS) is 25.4. The molecule has 0 aromatic carbocycles. The topological polar surface area (TPSA) is 50.2 Å². The van der Waals surface area contributed by atoms with Crippen molar-refractivity contribution in [2.45, 2.75) is 37.9 Å². The average molecular weight is 225 g/mol. The third-order valence-corrected chi connectivity index (χ3v) is 4.08. The zero-order chi connectivity index (χ0) is 10.8. The lowest BCUT2D eigenvalue weighted by atomic mass is 9.91. The molecule has 2 aliphatic rings. The van der Waals surface area contributed by atoms with Gasteiger partial charge in [0.15, 0.2) is 0 Å². The molecule has 0 amide bonds. The van der Waals surface area contributed by atoms with Crippen LogP contribution in [0.5, 0.6) is 0 Å². The zero-order valence-corrected chi connectivity index (χ0v) is 9.65. The molecule has 0 saturated heterocycles. The highest BCUT2D eigenvalue weighted by Crippen LogP contribution is 2.42. The fourth-order valence-corrected chi connectivity index (χ4v) is 3.45. The van der Waals surface area contributed by atoms with E-state index in [1.165, 1.54) is 18.2 Å². The lowest BCUT2D eigenvalue weighted by molar-refractivity contribution is -0.137. The predicted octanol–water partition coefficient (Wildman–Crippen LogP) is 2.51. The van der Waals surface area contributed by atoms with E-state index in [1.807, 2.05) is 0 Å². The van der Waals surface area contributed by atoms with E-state index >= 15 is 0 Å². The molecule has 0 aromatic rings. The van der Waals surface area contributed by atoms with Gasteiger partial charge in [-0.25, -0.2) is 4.79 Å². The van der Waals surface area contributed by atoms with E-state index < -0.39 is 0 Å². The molecular formula is C11H15NO2S. The molecule has 0 spiro atoms. The number of rotatable bonds is 2. The summed E-state index contributed by atoms with van der Waals surface area (Å²) in [5.41, 5.74) is 1.72. The summed E-state index contributed by atoms with van der Waals surface area (Å²) < 4.78 is 4.99. The molecule has 0 radical (unpaired) electrons. The van der Waals surface area contributed by atoms with Gasteiger partial charge in [-0.05, 0) is 31.8 Å². The van der Waals surface area contributed by atoms with Crippen molar-refractivity contribution < 1.29 is 9.53 Å². The molecule has 4 heteroatoms. The summed E-state index contributed by atoms with van der Waals surface area (Å²) in [7, 11) is 0. The quantitative estimate of drug-likeness (QED) is 0.735. The van der Waals surface area contributed by atoms with Gasteiger partial charge in [-0.2, -0.15) is 0 Å². The Morgan fingerprint density at radius 3 is 3.13 bits per heavy atom. The van der Waals surface area contributed by atoms with Crippen LogP contribution in [0.15, 0.2) is 11.1 Å². The first-order chi connectivity index (χ1) is 7.24. The number of thioether (sulfide) groups is 1. The van der Waals surface area contributed by atoms with Gasteiger partial charge in [0.1, 0.15) is 5.04 Å². The Morgan fingerprint density at radius 2 is 2.40 bits per heavy atom. The van der Waals surface area contributed by atoms with E-state index in [4.69, 9.17) is 10.1 Å². The summed E-state index contributed by atoms with van der Waals surface area (Å²) in [5, 5.41) is 8.61. The zero-order valence-electron chi connectivity index (χ0n) is 8.84. The highest BCUT2D eigenvalue weighted by atomic mass is 32.2. The van der Waals surface area contributed by atoms with Crippen molar-refractivity contribution in [3.8, 4) is 0 Å². The summed E-state index contributed by atoms with van der Waals surface area (Å²) in [5.74, 6) is -0.297. The van der Waals surface area contributed by atoms with E-state index in [9.17, 15) is 4.79 Å². The van der Waals surface area contributed by atoms with Crippen molar-refractivity contribution in [3.63, 3.8) is 0 Å². The molecule has 1 N–H and O–H groups in total. The van der Waals surface area contributed by atoms with Gasteiger partial charge < -0.3 is 4.74 Å². The van der Waals surface area contributed by atoms with Gasteiger partial charge in [0.05, 0.1) is 12.2 Å². The number of esters is 1. The first-order valence-corrected chi connectivity index (χ1v) is 6.27. The van der Waals surface area contributed by atoms with E-state index in [-0.39, 0.29) is 5.97 Å². The monoisotopic (exact) mass is 225 g/mol. The van der Waals surface area contributed by atoms with Crippen LogP contribution in [-0.2, 0) is 9.53 Å². The molecule has 15 heavy (non-hydrogen) atoms. The molecule has 1 heterocycles. The Labute approximate surface area is 93.8 Å². The predicted molar refractivity (Wildman–Crippen MR) is 61.2 cm³/mol. The van der Waals surface area contributed by atoms with Crippen LogP contribution in [0.3, 0.4) is 0 Å². The van der Waals surface area contributed by atoms with Crippen LogP contribution in [0, 0.1) is 5.41 Å². The number of carbonyl (C=O) groups excluding carboxylic acids is 1. The van der Waals surface area contributed by atoms with E-state index in [1.54, 1.807) is 6.92 Å². The highest BCUT2D eigenvalue weighted by molar-refractivity contribution is 8.15. The van der Waals surface area contributed by atoms with Gasteiger partial charge in [0, 0.05) is 5.25 Å². The van der Waals surface area contributed by atoms with Crippen LogP contribution in [0.25, 0.3) is 0 Å². The molecule has 1 unspecified atom stereocenters. The molecule has 1 atom stereocenters. The molecule has 2 rings (SSSR count). The number of hydrogen-bond acceptors (Lipinski definition) is 4. The van der Waals surface area contributed by atoms with Crippen LogP contribution < -0.4 is 0 Å². The van der Waals surface area contributed by atoms with E-state index in [0.717, 1.165) is 24.8 Å². The van der Waals surface area contributed by atoms with Gasteiger partial charge in [-0.15, -0.1) is 0 Å². The fraction of sp³-hybridized carbons (Fsp3) is 0.636. The maximum atomic E-state index is 11.7. The Kier molecular flexibility index (Phi) is 3.14. The van der Waals surface area contributed by atoms with Crippen molar-refractivity contribution in [2.75, 3.05) is 6.61 Å². The molecule has 82 valence electrons. The van der Waals surface area contributed by atoms with Gasteiger partial charge in [-0.1, -0.05) is 18.2 Å². The fourth-order valence-electron chi connectivity index (χ4n) is 2.17. The van der Waals surface area contributed by atoms with Crippen molar-refractivity contribution in [1.82, 2.24) is 0 Å². The molecule has 1 saturated carbocycles. The molecule has 0 aromatic heterocycles. The van der Waals surface area contributed by atoms with Crippen LogP contribution in [0.2, 0.25) is 0 Å². The second-order valence-corrected chi connectivity index (χ2v) is 5.02. The van der Waals surface area contributed by atoms with E-state index in [0.29, 0.717) is 22.5 Å². The van der Waals surface area contributed by atoms with Gasteiger partial charge in [0.25, 0.3) is 0 Å². The number of ether oxygens (including phenoxy) is 1. The van der Waals surface area contributed by atoms with Crippen LogP contribution in [-0.4, -0.2) is 22.9 Å². The molecule has 1 aliphatic heterocycles. The summed E-state index contributed by atoms with van der Waals surface area (Å²) >= 11 is 1.52. The van der Waals surface area contributed by atoms with E-state index in [2.05, 4.69) is 0 Å². The van der Waals surface area contributed by atoms with Gasteiger partial charge >= 0.3 is 5.97 Å². The SMILES string of the molecule is CCOC(=O)C1=C2CCCCC2SC1=N. The third kappa shape index (κ3) is 1.95. The molecule has 1 fully saturated rings. The number of fused-ring (bicyclic) bond motifs is 1. The van der Waals surface area contributed by atoms with Crippen molar-refractivity contribution >= 4 is 22.8 Å². The van der Waals surface area contributed by atoms with Crippen molar-refractivity contribution in [2.24, 2.45) is 0 Å². The number of nitrogens with one attached hydrogen (secondary N) is 1.